The van der Waals surface area contributed by atoms with E-state index in [0.717, 1.165) is 12.1 Å². The molecule has 156 valence electrons. The number of hydrogen-bond donors (Lipinski definition) is 3. The van der Waals surface area contributed by atoms with E-state index in [1.54, 1.807) is 12.1 Å². The van der Waals surface area contributed by atoms with Gasteiger partial charge >= 0.3 is 0 Å². The van der Waals surface area contributed by atoms with Crippen LogP contribution in [-0.4, -0.2) is 24.4 Å². The molecule has 1 heterocycles. The number of phenolic OH excluding ortho intramolecular Hbond substituents is 1. The third kappa shape index (κ3) is 5.01. The Morgan fingerprint density at radius 2 is 1.83 bits per heavy atom. The van der Waals surface area contributed by atoms with E-state index in [9.17, 15) is 28.4 Å². The van der Waals surface area contributed by atoms with Crippen LogP contribution in [0.3, 0.4) is 0 Å². The average molecular weight is 431 g/mol. The van der Waals surface area contributed by atoms with Gasteiger partial charge in [0.1, 0.15) is 11.5 Å². The summed E-state index contributed by atoms with van der Waals surface area (Å²) in [4.78, 5) is 22.5. The molecule has 0 unspecified atom stereocenters. The molecule has 30 heavy (non-hydrogen) atoms. The van der Waals surface area contributed by atoms with E-state index in [0.29, 0.717) is 5.76 Å². The van der Waals surface area contributed by atoms with Crippen LogP contribution < -0.4 is 10.0 Å². The maximum atomic E-state index is 12.3. The van der Waals surface area contributed by atoms with E-state index >= 15 is 0 Å². The predicted molar refractivity (Wildman–Crippen MR) is 105 cm³/mol. The smallest absolute Gasteiger partial charge is 0.270 e. The summed E-state index contributed by atoms with van der Waals surface area (Å²) in [6.07, 6.45) is 1.43. The number of amides is 1. The number of nitrogens with zero attached hydrogens (tertiary/aromatic N) is 1. The van der Waals surface area contributed by atoms with Gasteiger partial charge in [0, 0.05) is 29.8 Å². The molecule has 0 saturated heterocycles. The Morgan fingerprint density at radius 3 is 2.47 bits per heavy atom. The first-order valence-corrected chi connectivity index (χ1v) is 10.1. The summed E-state index contributed by atoms with van der Waals surface area (Å²) in [6.45, 7) is -0.151. The SMILES string of the molecule is O=C(NCc1cc([N+](=O)[O-])ccc1O)c1ccc(S(=O)(=O)NCc2ccco2)cc1. The number of nitrogens with one attached hydrogen (secondary N) is 2. The minimum atomic E-state index is -3.79. The molecule has 1 aromatic heterocycles. The van der Waals surface area contributed by atoms with Crippen molar-refractivity contribution in [1.82, 2.24) is 10.0 Å². The standard InChI is InChI=1S/C19H17N3O7S/c23-18-8-5-15(22(25)26)10-14(18)11-20-19(24)13-3-6-17(7-4-13)30(27,28)21-12-16-2-1-9-29-16/h1-10,21,23H,11-12H2,(H,20,24). The fourth-order valence-corrected chi connectivity index (χ4v) is 3.55. The van der Waals surface area contributed by atoms with Crippen LogP contribution in [0.1, 0.15) is 21.7 Å². The predicted octanol–water partition coefficient (Wildman–Crippen LogP) is 2.30. The number of rotatable bonds is 8. The molecule has 0 aliphatic heterocycles. The van der Waals surface area contributed by atoms with Crippen LogP contribution in [0.4, 0.5) is 5.69 Å². The van der Waals surface area contributed by atoms with Crippen LogP contribution in [0.25, 0.3) is 0 Å². The Bertz CT molecular complexity index is 1160. The van der Waals surface area contributed by atoms with Crippen molar-refractivity contribution < 1.29 is 27.7 Å². The molecule has 0 atom stereocenters. The summed E-state index contributed by atoms with van der Waals surface area (Å²) in [5.74, 6) is -0.266. The maximum Gasteiger partial charge on any atom is 0.270 e. The van der Waals surface area contributed by atoms with Crippen LogP contribution in [0.2, 0.25) is 0 Å². The first-order chi connectivity index (χ1) is 14.3. The fourth-order valence-electron chi connectivity index (χ4n) is 2.55. The molecule has 0 spiro atoms. The molecule has 10 nitrogen and oxygen atoms in total. The summed E-state index contributed by atoms with van der Waals surface area (Å²) in [5.41, 5.74) is 0.150. The summed E-state index contributed by atoms with van der Waals surface area (Å²) in [7, 11) is -3.79. The van der Waals surface area contributed by atoms with Crippen LogP contribution in [-0.2, 0) is 23.1 Å². The van der Waals surface area contributed by atoms with Gasteiger partial charge < -0.3 is 14.8 Å². The Hall–Kier alpha value is -3.70. The lowest BCUT2D eigenvalue weighted by atomic mass is 10.1. The minimum absolute atomic E-state index is 0.00965. The Balaban J connectivity index is 1.64. The lowest BCUT2D eigenvalue weighted by Gasteiger charge is -2.09. The molecule has 0 aliphatic carbocycles. The zero-order chi connectivity index (χ0) is 21.7. The Morgan fingerprint density at radius 1 is 1.10 bits per heavy atom. The normalized spacial score (nSPS) is 11.2. The molecular weight excluding hydrogens is 414 g/mol. The number of carbonyl (C=O) groups is 1. The first kappa shape index (κ1) is 21.0. The largest absolute Gasteiger partial charge is 0.508 e. The van der Waals surface area contributed by atoms with Gasteiger partial charge in [0.05, 0.1) is 22.6 Å². The number of nitro benzene ring substituents is 1. The molecule has 0 radical (unpaired) electrons. The van der Waals surface area contributed by atoms with E-state index in [4.69, 9.17) is 4.42 Å². The highest BCUT2D eigenvalue weighted by molar-refractivity contribution is 7.89. The first-order valence-electron chi connectivity index (χ1n) is 8.63. The summed E-state index contributed by atoms with van der Waals surface area (Å²) < 4.78 is 32.1. The van der Waals surface area contributed by atoms with E-state index in [-0.39, 0.29) is 40.5 Å². The number of aromatic hydroxyl groups is 1. The number of hydrogen-bond acceptors (Lipinski definition) is 7. The van der Waals surface area contributed by atoms with E-state index in [1.807, 2.05) is 0 Å². The van der Waals surface area contributed by atoms with Gasteiger partial charge in [0.2, 0.25) is 10.0 Å². The van der Waals surface area contributed by atoms with E-state index < -0.39 is 20.9 Å². The Kier molecular flexibility index (Phi) is 6.14. The van der Waals surface area contributed by atoms with E-state index in [2.05, 4.69) is 10.0 Å². The summed E-state index contributed by atoms with van der Waals surface area (Å²) in [6, 6.07) is 12.0. The zero-order valence-electron chi connectivity index (χ0n) is 15.4. The van der Waals surface area contributed by atoms with Crippen LogP contribution in [0, 0.1) is 10.1 Å². The number of phenols is 1. The highest BCUT2D eigenvalue weighted by Gasteiger charge is 2.16. The van der Waals surface area contributed by atoms with Gasteiger partial charge in [-0.15, -0.1) is 0 Å². The van der Waals surface area contributed by atoms with E-state index in [1.165, 1.54) is 36.6 Å². The Labute approximate surface area is 171 Å². The van der Waals surface area contributed by atoms with Crippen molar-refractivity contribution in [1.29, 1.82) is 0 Å². The van der Waals surface area contributed by atoms with Crippen molar-refractivity contribution in [2.24, 2.45) is 0 Å². The second-order valence-corrected chi connectivity index (χ2v) is 7.95. The average Bonchev–Trinajstić information content (AvgIpc) is 3.25. The molecule has 0 saturated carbocycles. The van der Waals surface area contributed by atoms with Crippen molar-refractivity contribution in [2.45, 2.75) is 18.0 Å². The third-order valence-corrected chi connectivity index (χ3v) is 5.57. The van der Waals surface area contributed by atoms with Crippen molar-refractivity contribution >= 4 is 21.6 Å². The number of benzene rings is 2. The van der Waals surface area contributed by atoms with Crippen molar-refractivity contribution in [3.63, 3.8) is 0 Å². The van der Waals surface area contributed by atoms with Gasteiger partial charge in [-0.25, -0.2) is 13.1 Å². The van der Waals surface area contributed by atoms with Crippen molar-refractivity contribution in [2.75, 3.05) is 0 Å². The number of carbonyl (C=O) groups excluding carboxylic acids is 1. The molecule has 3 aromatic rings. The molecular formula is C19H17N3O7S. The molecule has 0 fully saturated rings. The summed E-state index contributed by atoms with van der Waals surface area (Å²) in [5, 5.41) is 23.1. The summed E-state index contributed by atoms with van der Waals surface area (Å²) >= 11 is 0. The van der Waals surface area contributed by atoms with Crippen LogP contribution >= 0.6 is 0 Å². The lowest BCUT2D eigenvalue weighted by molar-refractivity contribution is -0.384. The van der Waals surface area contributed by atoms with Crippen molar-refractivity contribution in [3.05, 3.63) is 87.9 Å². The number of furan rings is 1. The highest BCUT2D eigenvalue weighted by Crippen LogP contribution is 2.22. The van der Waals surface area contributed by atoms with Gasteiger partial charge in [-0.2, -0.15) is 0 Å². The monoisotopic (exact) mass is 431 g/mol. The number of sulfonamides is 1. The van der Waals surface area contributed by atoms with Gasteiger partial charge in [-0.1, -0.05) is 0 Å². The van der Waals surface area contributed by atoms with Gasteiger partial charge in [-0.3, -0.25) is 14.9 Å². The molecule has 0 bridgehead atoms. The minimum Gasteiger partial charge on any atom is -0.508 e. The van der Waals surface area contributed by atoms with Gasteiger partial charge in [0.25, 0.3) is 11.6 Å². The van der Waals surface area contributed by atoms with Crippen LogP contribution in [0.15, 0.2) is 70.2 Å². The molecule has 0 aliphatic rings. The number of nitro groups is 1. The van der Waals surface area contributed by atoms with Gasteiger partial charge in [-0.05, 0) is 42.5 Å². The molecule has 11 heteroatoms. The van der Waals surface area contributed by atoms with Gasteiger partial charge in [0.15, 0.2) is 0 Å². The second kappa shape index (κ2) is 8.76. The highest BCUT2D eigenvalue weighted by atomic mass is 32.2. The maximum absolute atomic E-state index is 12.3. The lowest BCUT2D eigenvalue weighted by Crippen LogP contribution is -2.24. The fraction of sp³-hybridized carbons (Fsp3) is 0.105. The molecule has 1 amide bonds. The molecule has 3 rings (SSSR count). The zero-order valence-corrected chi connectivity index (χ0v) is 16.3. The molecule has 3 N–H and O–H groups in total. The van der Waals surface area contributed by atoms with Crippen molar-refractivity contribution in [3.8, 4) is 5.75 Å². The topological polar surface area (TPSA) is 152 Å². The van der Waals surface area contributed by atoms with Crippen LogP contribution in [0.5, 0.6) is 5.75 Å². The quantitative estimate of drug-likeness (QED) is 0.365. The second-order valence-electron chi connectivity index (χ2n) is 6.18. The molecule has 2 aromatic carbocycles. The third-order valence-electron chi connectivity index (χ3n) is 4.16. The number of non-ortho nitro benzene ring substituents is 1.